The van der Waals surface area contributed by atoms with Crippen molar-refractivity contribution >= 4 is 53.4 Å². The van der Waals surface area contributed by atoms with E-state index < -0.39 is 0 Å². The molecule has 0 unspecified atom stereocenters. The molecule has 0 bridgehead atoms. The van der Waals surface area contributed by atoms with Crippen LogP contribution in [-0.2, 0) is 0 Å². The summed E-state index contributed by atoms with van der Waals surface area (Å²) >= 11 is 1.79. The average Bonchev–Trinajstić information content (AvgIpc) is 3.85. The van der Waals surface area contributed by atoms with Crippen LogP contribution in [0.2, 0.25) is 0 Å². The number of thiophene rings is 1. The molecule has 3 heterocycles. The molecule has 0 aliphatic heterocycles. The van der Waals surface area contributed by atoms with Crippen molar-refractivity contribution < 1.29 is 4.42 Å². The van der Waals surface area contributed by atoms with Gasteiger partial charge in [0.15, 0.2) is 17.5 Å². The first-order valence-corrected chi connectivity index (χ1v) is 19.5. The number of rotatable bonds is 6. The molecule has 0 fully saturated rings. The molecule has 8 aromatic carbocycles. The molecule has 4 nitrogen and oxygen atoms in total. The van der Waals surface area contributed by atoms with Gasteiger partial charge in [0.05, 0.1) is 0 Å². The standard InChI is InChI=1S/C51H31N3OS/c1-3-12-32(13-4-1)34-16-9-17-35(28-34)36-18-10-19-37(29-36)38-25-27-44-43(30-38)48-42(21-11-22-45(48)55-44)51-53-49(33-14-5-2-6-15-33)52-50(54-51)39-24-26-41-40-20-7-8-23-46(40)56-47(41)31-39/h1-31H. The minimum absolute atomic E-state index is 0.601. The van der Waals surface area contributed by atoms with Crippen molar-refractivity contribution in [1.82, 2.24) is 15.0 Å². The van der Waals surface area contributed by atoms with Gasteiger partial charge in [-0.25, -0.2) is 15.0 Å². The van der Waals surface area contributed by atoms with Gasteiger partial charge in [0, 0.05) is 47.6 Å². The minimum atomic E-state index is 0.601. The molecule has 11 aromatic rings. The largest absolute Gasteiger partial charge is 0.456 e. The molecule has 0 amide bonds. The lowest BCUT2D eigenvalue weighted by molar-refractivity contribution is 0.669. The van der Waals surface area contributed by atoms with Gasteiger partial charge in [0.25, 0.3) is 0 Å². The Balaban J connectivity index is 1.04. The Bertz CT molecular complexity index is 3260. The molecular weight excluding hydrogens is 703 g/mol. The zero-order chi connectivity index (χ0) is 37.0. The predicted molar refractivity (Wildman–Crippen MR) is 233 cm³/mol. The van der Waals surface area contributed by atoms with E-state index in [1.807, 2.05) is 42.5 Å². The van der Waals surface area contributed by atoms with Crippen LogP contribution in [-0.4, -0.2) is 15.0 Å². The molecule has 0 spiro atoms. The fourth-order valence-electron chi connectivity index (χ4n) is 7.79. The van der Waals surface area contributed by atoms with Crippen LogP contribution >= 0.6 is 11.3 Å². The fourth-order valence-corrected chi connectivity index (χ4v) is 8.93. The van der Waals surface area contributed by atoms with E-state index in [1.54, 1.807) is 11.3 Å². The van der Waals surface area contributed by atoms with E-state index in [0.717, 1.165) is 55.3 Å². The number of furan rings is 1. The van der Waals surface area contributed by atoms with Crippen LogP contribution in [0.5, 0.6) is 0 Å². The lowest BCUT2D eigenvalue weighted by Gasteiger charge is -2.10. The van der Waals surface area contributed by atoms with Crippen LogP contribution in [0.25, 0.3) is 110 Å². The highest BCUT2D eigenvalue weighted by molar-refractivity contribution is 7.25. The van der Waals surface area contributed by atoms with E-state index >= 15 is 0 Å². The Kier molecular flexibility index (Phi) is 7.64. The lowest BCUT2D eigenvalue weighted by atomic mass is 9.95. The number of nitrogens with zero attached hydrogens (tertiary/aromatic N) is 3. The summed E-state index contributed by atoms with van der Waals surface area (Å²) in [6.45, 7) is 0. The number of hydrogen-bond acceptors (Lipinski definition) is 5. The normalized spacial score (nSPS) is 11.6. The van der Waals surface area contributed by atoms with Gasteiger partial charge in [-0.3, -0.25) is 0 Å². The van der Waals surface area contributed by atoms with E-state index in [2.05, 4.69) is 146 Å². The van der Waals surface area contributed by atoms with Gasteiger partial charge in [0.2, 0.25) is 0 Å². The van der Waals surface area contributed by atoms with E-state index in [1.165, 1.54) is 36.9 Å². The second-order valence-electron chi connectivity index (χ2n) is 14.0. The van der Waals surface area contributed by atoms with Crippen molar-refractivity contribution in [2.75, 3.05) is 0 Å². The highest BCUT2D eigenvalue weighted by Gasteiger charge is 2.19. The molecule has 0 radical (unpaired) electrons. The first kappa shape index (κ1) is 32.2. The average molecular weight is 734 g/mol. The van der Waals surface area contributed by atoms with Crippen molar-refractivity contribution in [3.8, 4) is 67.5 Å². The lowest BCUT2D eigenvalue weighted by Crippen LogP contribution is -2.00. The highest BCUT2D eigenvalue weighted by Crippen LogP contribution is 2.40. The van der Waals surface area contributed by atoms with Crippen molar-refractivity contribution in [1.29, 1.82) is 0 Å². The number of aromatic nitrogens is 3. The SMILES string of the molecule is c1ccc(-c2cccc(-c3cccc(-c4ccc5oc6cccc(-c7nc(-c8ccccc8)nc(-c8ccc9c(c8)sc8ccccc89)n7)c6c5c4)c3)c2)cc1. The Labute approximate surface area is 327 Å². The Hall–Kier alpha value is -7.21. The third-order valence-electron chi connectivity index (χ3n) is 10.5. The van der Waals surface area contributed by atoms with Crippen LogP contribution in [0.4, 0.5) is 0 Å². The second-order valence-corrected chi connectivity index (χ2v) is 15.1. The fraction of sp³-hybridized carbons (Fsp3) is 0. The summed E-state index contributed by atoms with van der Waals surface area (Å²) in [6, 6.07) is 65.8. The van der Waals surface area contributed by atoms with E-state index in [0.29, 0.717) is 17.5 Å². The van der Waals surface area contributed by atoms with Crippen molar-refractivity contribution in [3.05, 3.63) is 188 Å². The molecule has 0 saturated carbocycles. The summed E-state index contributed by atoms with van der Waals surface area (Å²) in [5.41, 5.74) is 11.4. The van der Waals surface area contributed by atoms with Gasteiger partial charge in [-0.05, 0) is 75.8 Å². The molecule has 11 rings (SSSR count). The Morgan fingerprint density at radius 3 is 1.62 bits per heavy atom. The maximum atomic E-state index is 6.49. The summed E-state index contributed by atoms with van der Waals surface area (Å²) in [4.78, 5) is 15.4. The zero-order valence-electron chi connectivity index (χ0n) is 30.1. The van der Waals surface area contributed by atoms with E-state index in [4.69, 9.17) is 19.4 Å². The maximum Gasteiger partial charge on any atom is 0.164 e. The number of benzene rings is 8. The summed E-state index contributed by atoms with van der Waals surface area (Å²) in [6.07, 6.45) is 0. The minimum Gasteiger partial charge on any atom is -0.456 e. The van der Waals surface area contributed by atoms with E-state index in [9.17, 15) is 0 Å². The smallest absolute Gasteiger partial charge is 0.164 e. The van der Waals surface area contributed by atoms with Gasteiger partial charge in [-0.2, -0.15) is 0 Å². The van der Waals surface area contributed by atoms with Crippen LogP contribution in [0, 0.1) is 0 Å². The number of fused-ring (bicyclic) bond motifs is 6. The van der Waals surface area contributed by atoms with Gasteiger partial charge >= 0.3 is 0 Å². The predicted octanol–water partition coefficient (Wildman–Crippen LogP) is 14.1. The van der Waals surface area contributed by atoms with Crippen LogP contribution < -0.4 is 0 Å². The molecule has 0 aliphatic rings. The summed E-state index contributed by atoms with van der Waals surface area (Å²) in [5.74, 6) is 1.86. The monoisotopic (exact) mass is 733 g/mol. The molecule has 0 aliphatic carbocycles. The van der Waals surface area contributed by atoms with Crippen molar-refractivity contribution in [3.63, 3.8) is 0 Å². The van der Waals surface area contributed by atoms with Crippen LogP contribution in [0.3, 0.4) is 0 Å². The Morgan fingerprint density at radius 1 is 0.321 bits per heavy atom. The maximum absolute atomic E-state index is 6.49. The van der Waals surface area contributed by atoms with E-state index in [-0.39, 0.29) is 0 Å². The van der Waals surface area contributed by atoms with Crippen molar-refractivity contribution in [2.24, 2.45) is 0 Å². The highest BCUT2D eigenvalue weighted by atomic mass is 32.1. The topological polar surface area (TPSA) is 51.8 Å². The third kappa shape index (κ3) is 5.65. The summed E-state index contributed by atoms with van der Waals surface area (Å²) in [7, 11) is 0. The molecule has 262 valence electrons. The third-order valence-corrected chi connectivity index (χ3v) is 11.7. The van der Waals surface area contributed by atoms with Gasteiger partial charge in [0.1, 0.15) is 11.2 Å². The summed E-state index contributed by atoms with van der Waals surface area (Å²) < 4.78 is 8.96. The summed E-state index contributed by atoms with van der Waals surface area (Å²) in [5, 5.41) is 4.50. The van der Waals surface area contributed by atoms with Crippen LogP contribution in [0.15, 0.2) is 192 Å². The molecule has 0 N–H and O–H groups in total. The quantitative estimate of drug-likeness (QED) is 0.171. The van der Waals surface area contributed by atoms with Gasteiger partial charge in [-0.1, -0.05) is 146 Å². The van der Waals surface area contributed by atoms with Gasteiger partial charge < -0.3 is 4.42 Å². The Morgan fingerprint density at radius 2 is 0.875 bits per heavy atom. The van der Waals surface area contributed by atoms with Gasteiger partial charge in [-0.15, -0.1) is 11.3 Å². The first-order valence-electron chi connectivity index (χ1n) is 18.7. The number of hydrogen-bond donors (Lipinski definition) is 0. The molecule has 0 saturated heterocycles. The molecule has 0 atom stereocenters. The van der Waals surface area contributed by atoms with Crippen molar-refractivity contribution in [2.45, 2.75) is 0 Å². The molecule has 56 heavy (non-hydrogen) atoms. The first-order chi connectivity index (χ1) is 27.7. The molecular formula is C51H31N3OS. The zero-order valence-corrected chi connectivity index (χ0v) is 30.9. The second kappa shape index (κ2) is 13.3. The molecule has 3 aromatic heterocycles. The molecule has 5 heteroatoms. The van der Waals surface area contributed by atoms with Crippen LogP contribution in [0.1, 0.15) is 0 Å².